The molecule has 2 aliphatic rings. The van der Waals surface area contributed by atoms with Gasteiger partial charge < -0.3 is 42.5 Å². The van der Waals surface area contributed by atoms with Gasteiger partial charge in [-0.05, 0) is 37.2 Å². The SMILES string of the molecule is CCC[C@H](NC(=O)[C@@H]1CNC[C@@H]1NC(=O)[C@H](CC)NC(=O)[C@H](c1nccnc1C(N)=O)C1CCCCC1)C(=O)C(=O)NCC(=O)N[C@H](C(=O)N(C)C)c1ccccc1. The standard InChI is InChI=1S/C40H56N10O8/c1-5-13-27(34(52)39(57)45-22-29(51)49-31(40(58)50(3)4)24-16-11-8-12-17-24)47-36(54)25-20-42-21-28(25)48-37(55)26(6-2)46-38(56)30(23-14-9-7-10-15-23)32-33(35(41)53)44-19-18-43-32/h8,11-12,16-19,23,25-28,30-31,42H,5-7,9-10,13-15,20-22H2,1-4H3,(H2,41,53)(H,45,57)(H,46,56)(H,47,54)(H,48,55)(H,49,51)/t25-,26+,27+,28+,30+,31+/m1/s1. The Morgan fingerprint density at radius 2 is 1.55 bits per heavy atom. The predicted molar refractivity (Wildman–Crippen MR) is 211 cm³/mol. The van der Waals surface area contributed by atoms with Crippen LogP contribution in [0.5, 0.6) is 0 Å². The number of rotatable bonds is 19. The summed E-state index contributed by atoms with van der Waals surface area (Å²) in [6.45, 7) is 3.31. The van der Waals surface area contributed by atoms with E-state index in [1.165, 1.54) is 17.3 Å². The van der Waals surface area contributed by atoms with Crippen LogP contribution in [0.2, 0.25) is 0 Å². The number of Topliss-reactive ketones (excluding diaryl/α,β-unsaturated/α-hetero) is 1. The van der Waals surface area contributed by atoms with Gasteiger partial charge in [0, 0.05) is 39.6 Å². The lowest BCUT2D eigenvalue weighted by molar-refractivity contribution is -0.141. The quantitative estimate of drug-likeness (QED) is 0.0911. The third kappa shape index (κ3) is 11.9. The molecule has 314 valence electrons. The van der Waals surface area contributed by atoms with Crippen LogP contribution in [0, 0.1) is 11.8 Å². The summed E-state index contributed by atoms with van der Waals surface area (Å²) in [5.74, 6) is -7.34. The van der Waals surface area contributed by atoms with Gasteiger partial charge in [-0.1, -0.05) is 69.9 Å². The van der Waals surface area contributed by atoms with Crippen LogP contribution < -0.4 is 37.6 Å². The molecule has 2 fully saturated rings. The van der Waals surface area contributed by atoms with Crippen LogP contribution >= 0.6 is 0 Å². The van der Waals surface area contributed by atoms with Crippen molar-refractivity contribution in [3.05, 3.63) is 59.7 Å². The number of primary amides is 1. The van der Waals surface area contributed by atoms with Crippen molar-refractivity contribution in [1.82, 2.24) is 46.8 Å². The predicted octanol–water partition coefficient (Wildman–Crippen LogP) is -0.246. The van der Waals surface area contributed by atoms with E-state index in [1.54, 1.807) is 58.3 Å². The molecule has 4 rings (SSSR count). The zero-order chi connectivity index (χ0) is 42.4. The Balaban J connectivity index is 1.37. The molecule has 1 saturated carbocycles. The third-order valence-electron chi connectivity index (χ3n) is 10.5. The minimum atomic E-state index is -1.21. The average Bonchev–Trinajstić information content (AvgIpc) is 3.69. The van der Waals surface area contributed by atoms with Gasteiger partial charge in [0.1, 0.15) is 17.8 Å². The Morgan fingerprint density at radius 1 is 0.862 bits per heavy atom. The second-order valence-electron chi connectivity index (χ2n) is 14.9. The number of likely N-dealkylation sites (N-methyl/N-ethyl adjacent to an activating group) is 1. The molecule has 58 heavy (non-hydrogen) atoms. The first-order valence-corrected chi connectivity index (χ1v) is 19.9. The Hall–Kier alpha value is -5.78. The maximum absolute atomic E-state index is 14.0. The topological polar surface area (TPSA) is 264 Å². The van der Waals surface area contributed by atoms with Gasteiger partial charge >= 0.3 is 0 Å². The van der Waals surface area contributed by atoms with Crippen molar-refractivity contribution < 1.29 is 38.4 Å². The van der Waals surface area contributed by atoms with Crippen LogP contribution in [0.4, 0.5) is 0 Å². The number of carbonyl (C=O) groups is 8. The Bertz CT molecular complexity index is 1800. The fraction of sp³-hybridized carbons (Fsp3) is 0.550. The molecule has 0 spiro atoms. The van der Waals surface area contributed by atoms with E-state index in [2.05, 4.69) is 41.9 Å². The zero-order valence-electron chi connectivity index (χ0n) is 33.5. The van der Waals surface area contributed by atoms with Crippen LogP contribution in [0.15, 0.2) is 42.7 Å². The number of carbonyl (C=O) groups excluding carboxylic acids is 8. The molecule has 8 N–H and O–H groups in total. The summed E-state index contributed by atoms with van der Waals surface area (Å²) in [6, 6.07) is 4.64. The van der Waals surface area contributed by atoms with Crippen molar-refractivity contribution in [2.75, 3.05) is 33.7 Å². The highest BCUT2D eigenvalue weighted by molar-refractivity contribution is 6.38. The van der Waals surface area contributed by atoms with E-state index >= 15 is 0 Å². The second kappa shape index (κ2) is 21.7. The Morgan fingerprint density at radius 3 is 2.19 bits per heavy atom. The molecule has 2 aromatic rings. The maximum atomic E-state index is 14.0. The monoisotopic (exact) mass is 804 g/mol. The van der Waals surface area contributed by atoms with Crippen LogP contribution in [0.3, 0.4) is 0 Å². The maximum Gasteiger partial charge on any atom is 0.290 e. The normalized spacial score (nSPS) is 18.7. The molecule has 1 aliphatic carbocycles. The number of amides is 7. The lowest BCUT2D eigenvalue weighted by Crippen LogP contribution is -2.55. The fourth-order valence-corrected chi connectivity index (χ4v) is 7.44. The van der Waals surface area contributed by atoms with Crippen LogP contribution in [-0.2, 0) is 33.6 Å². The summed E-state index contributed by atoms with van der Waals surface area (Å²) >= 11 is 0. The minimum Gasteiger partial charge on any atom is -0.364 e. The number of hydrogen-bond acceptors (Lipinski definition) is 11. The summed E-state index contributed by atoms with van der Waals surface area (Å²) in [6.07, 6.45) is 7.80. The summed E-state index contributed by atoms with van der Waals surface area (Å²) < 4.78 is 0. The van der Waals surface area contributed by atoms with Crippen molar-refractivity contribution in [2.24, 2.45) is 17.6 Å². The molecule has 1 aliphatic heterocycles. The molecule has 6 atom stereocenters. The molecule has 2 heterocycles. The molecule has 18 heteroatoms. The molecule has 1 saturated heterocycles. The highest BCUT2D eigenvalue weighted by Gasteiger charge is 2.40. The van der Waals surface area contributed by atoms with E-state index in [-0.39, 0.29) is 49.1 Å². The van der Waals surface area contributed by atoms with Crippen LogP contribution in [-0.4, -0.2) is 114 Å². The van der Waals surface area contributed by atoms with E-state index in [0.29, 0.717) is 12.0 Å². The number of nitrogens with one attached hydrogen (secondary N) is 6. The minimum absolute atomic E-state index is 0.0928. The zero-order valence-corrected chi connectivity index (χ0v) is 33.5. The van der Waals surface area contributed by atoms with E-state index in [9.17, 15) is 38.4 Å². The Kier molecular flexibility index (Phi) is 16.8. The van der Waals surface area contributed by atoms with Crippen molar-refractivity contribution in [1.29, 1.82) is 0 Å². The average molecular weight is 805 g/mol. The molecular weight excluding hydrogens is 749 g/mol. The van der Waals surface area contributed by atoms with Gasteiger partial charge in [0.2, 0.25) is 35.3 Å². The number of hydrogen-bond donors (Lipinski definition) is 7. The van der Waals surface area contributed by atoms with Gasteiger partial charge in [0.05, 0.1) is 36.2 Å². The first kappa shape index (κ1) is 44.9. The van der Waals surface area contributed by atoms with Gasteiger partial charge in [-0.2, -0.15) is 0 Å². The molecule has 0 radical (unpaired) electrons. The number of ketones is 1. The van der Waals surface area contributed by atoms with E-state index in [4.69, 9.17) is 5.73 Å². The molecule has 1 aromatic heterocycles. The lowest BCUT2D eigenvalue weighted by Gasteiger charge is -2.31. The molecule has 0 unspecified atom stereocenters. The highest BCUT2D eigenvalue weighted by Crippen LogP contribution is 2.36. The largest absolute Gasteiger partial charge is 0.364 e. The van der Waals surface area contributed by atoms with Gasteiger partial charge in [-0.25, -0.2) is 4.98 Å². The van der Waals surface area contributed by atoms with Crippen molar-refractivity contribution in [2.45, 2.75) is 95.3 Å². The smallest absolute Gasteiger partial charge is 0.290 e. The summed E-state index contributed by atoms with van der Waals surface area (Å²) in [7, 11) is 3.10. The van der Waals surface area contributed by atoms with Crippen molar-refractivity contribution >= 4 is 47.1 Å². The molecule has 7 amide bonds. The van der Waals surface area contributed by atoms with Crippen molar-refractivity contribution in [3.8, 4) is 0 Å². The summed E-state index contributed by atoms with van der Waals surface area (Å²) in [4.78, 5) is 115. The van der Waals surface area contributed by atoms with E-state index in [0.717, 1.165) is 32.1 Å². The molecule has 1 aromatic carbocycles. The Labute approximate surface area is 338 Å². The van der Waals surface area contributed by atoms with Gasteiger partial charge in [-0.15, -0.1) is 0 Å². The molecule has 18 nitrogen and oxygen atoms in total. The summed E-state index contributed by atoms with van der Waals surface area (Å²) in [5, 5.41) is 16.3. The second-order valence-corrected chi connectivity index (χ2v) is 14.9. The van der Waals surface area contributed by atoms with Gasteiger partial charge in [-0.3, -0.25) is 43.3 Å². The number of nitrogens with two attached hydrogens (primary N) is 1. The molecule has 0 bridgehead atoms. The van der Waals surface area contributed by atoms with Gasteiger partial charge in [0.25, 0.3) is 11.8 Å². The van der Waals surface area contributed by atoms with Crippen LogP contribution in [0.25, 0.3) is 0 Å². The van der Waals surface area contributed by atoms with Crippen molar-refractivity contribution in [3.63, 3.8) is 0 Å². The fourth-order valence-electron chi connectivity index (χ4n) is 7.44. The van der Waals surface area contributed by atoms with E-state index < -0.39 is 83.8 Å². The van der Waals surface area contributed by atoms with E-state index in [1.807, 2.05) is 0 Å². The van der Waals surface area contributed by atoms with Crippen LogP contribution in [0.1, 0.15) is 98.9 Å². The molecular formula is C40H56N10O8. The highest BCUT2D eigenvalue weighted by atomic mass is 16.2. The number of aromatic nitrogens is 2. The lowest BCUT2D eigenvalue weighted by atomic mass is 9.77. The number of benzene rings is 1. The first-order chi connectivity index (χ1) is 27.8. The summed E-state index contributed by atoms with van der Waals surface area (Å²) in [5.41, 5.74) is 6.21. The third-order valence-corrected chi connectivity index (χ3v) is 10.5. The number of nitrogens with zero attached hydrogens (tertiary/aromatic N) is 3. The van der Waals surface area contributed by atoms with Gasteiger partial charge in [0.15, 0.2) is 0 Å². The first-order valence-electron chi connectivity index (χ1n) is 19.9.